The first kappa shape index (κ1) is 13.6. The highest BCUT2D eigenvalue weighted by Gasteiger charge is 2.18. The lowest BCUT2D eigenvalue weighted by Crippen LogP contribution is -2.33. The van der Waals surface area contributed by atoms with Crippen LogP contribution in [0.15, 0.2) is 34.8 Å². The molecule has 1 aromatic carbocycles. The number of phenolic OH excluding ortho intramolecular Hbond substituents is 1. The Balaban J connectivity index is 2.12. The molecule has 1 aliphatic carbocycles. The van der Waals surface area contributed by atoms with E-state index in [0.717, 1.165) is 29.3 Å². The Bertz CT molecular complexity index is 431. The first-order valence-electron chi connectivity index (χ1n) is 6.60. The Hall–Kier alpha value is -0.800. The number of hydrogen-bond acceptors (Lipinski definition) is 2. The first-order chi connectivity index (χ1) is 8.70. The quantitative estimate of drug-likeness (QED) is 0.813. The van der Waals surface area contributed by atoms with Crippen molar-refractivity contribution in [1.29, 1.82) is 0 Å². The van der Waals surface area contributed by atoms with Crippen molar-refractivity contribution < 1.29 is 5.11 Å². The third-order valence-electron chi connectivity index (χ3n) is 3.48. The van der Waals surface area contributed by atoms with Crippen LogP contribution in [-0.2, 0) is 0 Å². The van der Waals surface area contributed by atoms with Gasteiger partial charge in [-0.15, -0.1) is 0 Å². The van der Waals surface area contributed by atoms with E-state index in [9.17, 15) is 5.11 Å². The molecule has 2 rings (SSSR count). The summed E-state index contributed by atoms with van der Waals surface area (Å²) in [6.45, 7) is 2.15. The van der Waals surface area contributed by atoms with Crippen LogP contribution in [-0.4, -0.2) is 11.1 Å². The topological polar surface area (TPSA) is 32.3 Å². The summed E-state index contributed by atoms with van der Waals surface area (Å²) in [5.41, 5.74) is 0.987. The summed E-state index contributed by atoms with van der Waals surface area (Å²) < 4.78 is 1.01. The van der Waals surface area contributed by atoms with E-state index in [1.54, 1.807) is 6.07 Å². The van der Waals surface area contributed by atoms with Gasteiger partial charge in [-0.2, -0.15) is 0 Å². The monoisotopic (exact) mass is 309 g/mol. The van der Waals surface area contributed by atoms with E-state index in [0.29, 0.717) is 11.8 Å². The normalized spacial score (nSPS) is 20.9. The Labute approximate surface area is 117 Å². The lowest BCUT2D eigenvalue weighted by atomic mass is 9.97. The average Bonchev–Trinajstić information content (AvgIpc) is 2.40. The van der Waals surface area contributed by atoms with E-state index >= 15 is 0 Å². The van der Waals surface area contributed by atoms with Gasteiger partial charge in [-0.3, -0.25) is 0 Å². The molecule has 2 nitrogen and oxygen atoms in total. The molecule has 0 bridgehead atoms. The van der Waals surface area contributed by atoms with Gasteiger partial charge in [0.25, 0.3) is 0 Å². The lowest BCUT2D eigenvalue weighted by Gasteiger charge is -2.26. The third-order valence-corrected chi connectivity index (χ3v) is 3.97. The summed E-state index contributed by atoms with van der Waals surface area (Å²) in [6, 6.07) is 6.38. The lowest BCUT2D eigenvalue weighted by molar-refractivity contribution is 0.386. The standard InChI is InChI=1S/C15H20BrNO/c1-2-14(17-12-6-4-3-5-7-12)13-10-11(16)8-9-15(13)18/h3-4,8-10,12,14,17-18H,2,5-7H2,1H3. The summed E-state index contributed by atoms with van der Waals surface area (Å²) >= 11 is 3.47. The van der Waals surface area contributed by atoms with E-state index in [1.165, 1.54) is 6.42 Å². The molecule has 0 fully saturated rings. The molecule has 2 unspecified atom stereocenters. The molecule has 0 amide bonds. The van der Waals surface area contributed by atoms with E-state index in [-0.39, 0.29) is 6.04 Å². The maximum atomic E-state index is 9.99. The van der Waals surface area contributed by atoms with Gasteiger partial charge in [-0.05, 0) is 43.9 Å². The molecule has 0 aromatic heterocycles. The Kier molecular flexibility index (Phi) is 4.84. The first-order valence-corrected chi connectivity index (χ1v) is 7.39. The zero-order chi connectivity index (χ0) is 13.0. The second kappa shape index (κ2) is 6.39. The van der Waals surface area contributed by atoms with Crippen LogP contribution in [0, 0.1) is 0 Å². The van der Waals surface area contributed by atoms with Gasteiger partial charge in [0.2, 0.25) is 0 Å². The fourth-order valence-electron chi connectivity index (χ4n) is 2.46. The number of allylic oxidation sites excluding steroid dienone is 1. The van der Waals surface area contributed by atoms with Crippen molar-refractivity contribution in [3.8, 4) is 5.75 Å². The summed E-state index contributed by atoms with van der Waals surface area (Å²) in [4.78, 5) is 0. The third kappa shape index (κ3) is 3.36. The van der Waals surface area contributed by atoms with Crippen molar-refractivity contribution in [3.05, 3.63) is 40.4 Å². The van der Waals surface area contributed by atoms with Crippen LogP contribution in [0.1, 0.15) is 44.2 Å². The molecule has 0 saturated heterocycles. The van der Waals surface area contributed by atoms with E-state index in [4.69, 9.17) is 0 Å². The minimum Gasteiger partial charge on any atom is -0.508 e. The molecule has 3 heteroatoms. The molecule has 0 aliphatic heterocycles. The van der Waals surface area contributed by atoms with Crippen LogP contribution in [0.4, 0.5) is 0 Å². The van der Waals surface area contributed by atoms with Crippen LogP contribution in [0.5, 0.6) is 5.75 Å². The minimum atomic E-state index is 0.221. The van der Waals surface area contributed by atoms with E-state index in [1.807, 2.05) is 12.1 Å². The summed E-state index contributed by atoms with van der Waals surface area (Å²) in [6.07, 6.45) is 8.89. The summed E-state index contributed by atoms with van der Waals surface area (Å²) in [7, 11) is 0. The van der Waals surface area contributed by atoms with Crippen molar-refractivity contribution in [2.24, 2.45) is 0 Å². The maximum Gasteiger partial charge on any atom is 0.120 e. The Morgan fingerprint density at radius 1 is 1.44 bits per heavy atom. The molecule has 0 radical (unpaired) electrons. The van der Waals surface area contributed by atoms with Crippen LogP contribution in [0.3, 0.4) is 0 Å². The van der Waals surface area contributed by atoms with Crippen LogP contribution in [0.25, 0.3) is 0 Å². The Morgan fingerprint density at radius 2 is 2.28 bits per heavy atom. The SMILES string of the molecule is CCC(NC1CC=CCC1)c1cc(Br)ccc1O. The highest BCUT2D eigenvalue weighted by Crippen LogP contribution is 2.30. The molecule has 0 spiro atoms. The molecule has 2 atom stereocenters. The number of benzene rings is 1. The fourth-order valence-corrected chi connectivity index (χ4v) is 2.84. The largest absolute Gasteiger partial charge is 0.508 e. The molecule has 1 aromatic rings. The Morgan fingerprint density at radius 3 is 2.94 bits per heavy atom. The minimum absolute atomic E-state index is 0.221. The van der Waals surface area contributed by atoms with Gasteiger partial charge in [0, 0.05) is 22.1 Å². The zero-order valence-electron chi connectivity index (χ0n) is 10.7. The smallest absolute Gasteiger partial charge is 0.120 e. The highest BCUT2D eigenvalue weighted by molar-refractivity contribution is 9.10. The van der Waals surface area contributed by atoms with Crippen molar-refractivity contribution in [3.63, 3.8) is 0 Å². The zero-order valence-corrected chi connectivity index (χ0v) is 12.3. The predicted octanol–water partition coefficient (Wildman–Crippen LogP) is 4.30. The van der Waals surface area contributed by atoms with Gasteiger partial charge >= 0.3 is 0 Å². The molecule has 0 saturated carbocycles. The van der Waals surface area contributed by atoms with E-state index < -0.39 is 0 Å². The van der Waals surface area contributed by atoms with Crippen LogP contribution < -0.4 is 5.32 Å². The van der Waals surface area contributed by atoms with Crippen molar-refractivity contribution in [2.75, 3.05) is 0 Å². The number of rotatable bonds is 4. The second-order valence-electron chi connectivity index (χ2n) is 4.81. The summed E-state index contributed by atoms with van der Waals surface area (Å²) in [5.74, 6) is 0.379. The van der Waals surface area contributed by atoms with Crippen molar-refractivity contribution in [1.82, 2.24) is 5.32 Å². The second-order valence-corrected chi connectivity index (χ2v) is 5.73. The number of phenols is 1. The van der Waals surface area contributed by atoms with Crippen molar-refractivity contribution in [2.45, 2.75) is 44.7 Å². The highest BCUT2D eigenvalue weighted by atomic mass is 79.9. The van der Waals surface area contributed by atoms with Gasteiger partial charge in [-0.1, -0.05) is 35.0 Å². The van der Waals surface area contributed by atoms with Gasteiger partial charge in [0.05, 0.1) is 0 Å². The molecule has 1 aliphatic rings. The van der Waals surface area contributed by atoms with Crippen molar-refractivity contribution >= 4 is 15.9 Å². The molecule has 98 valence electrons. The van der Waals surface area contributed by atoms with Gasteiger partial charge < -0.3 is 10.4 Å². The van der Waals surface area contributed by atoms with Gasteiger partial charge in [0.1, 0.15) is 5.75 Å². The van der Waals surface area contributed by atoms with E-state index in [2.05, 4.69) is 40.3 Å². The number of hydrogen-bond donors (Lipinski definition) is 2. The average molecular weight is 310 g/mol. The molecular formula is C15H20BrNO. The molecular weight excluding hydrogens is 290 g/mol. The molecule has 18 heavy (non-hydrogen) atoms. The molecule has 0 heterocycles. The number of aromatic hydroxyl groups is 1. The van der Waals surface area contributed by atoms with Crippen LogP contribution >= 0.6 is 15.9 Å². The maximum absolute atomic E-state index is 9.99. The summed E-state index contributed by atoms with van der Waals surface area (Å²) in [5, 5.41) is 13.6. The molecule has 2 N–H and O–H groups in total. The van der Waals surface area contributed by atoms with Gasteiger partial charge in [-0.25, -0.2) is 0 Å². The number of halogens is 1. The fraction of sp³-hybridized carbons (Fsp3) is 0.467. The van der Waals surface area contributed by atoms with Crippen LogP contribution in [0.2, 0.25) is 0 Å². The number of nitrogens with one attached hydrogen (secondary N) is 1. The van der Waals surface area contributed by atoms with Gasteiger partial charge in [0.15, 0.2) is 0 Å². The predicted molar refractivity (Wildman–Crippen MR) is 78.8 cm³/mol.